The Hall–Kier alpha value is -1.70. The minimum Gasteiger partial charge on any atom is -0.488 e. The largest absolute Gasteiger partial charge is 0.488 e. The van der Waals surface area contributed by atoms with Crippen molar-refractivity contribution in [1.29, 1.82) is 0 Å². The molecule has 0 atom stereocenters. The molecule has 1 aromatic carbocycles. The monoisotopic (exact) mass is 457 g/mol. The number of halogens is 1. The number of aliphatic imine (C=N–C) groups is 1. The topological polar surface area (TPSA) is 58.8 Å². The average Bonchev–Trinajstić information content (AvgIpc) is 3.01. The molecule has 0 radical (unpaired) electrons. The summed E-state index contributed by atoms with van der Waals surface area (Å²) in [6, 6.07) is 10.0. The summed E-state index contributed by atoms with van der Waals surface area (Å²) in [4.78, 5) is 4.24. The molecule has 6 heteroatoms. The zero-order valence-corrected chi connectivity index (χ0v) is 17.9. The van der Waals surface area contributed by atoms with Crippen LogP contribution in [0.2, 0.25) is 0 Å². The van der Waals surface area contributed by atoms with Crippen LogP contribution in [0.15, 0.2) is 46.0 Å². The van der Waals surface area contributed by atoms with Crippen LogP contribution in [0.25, 0.3) is 0 Å². The van der Waals surface area contributed by atoms with Gasteiger partial charge in [0.15, 0.2) is 5.96 Å². The molecule has 0 fully saturated rings. The predicted octanol–water partition coefficient (Wildman–Crippen LogP) is 4.25. The first-order valence-electron chi connectivity index (χ1n) is 8.13. The van der Waals surface area contributed by atoms with Gasteiger partial charge in [0.2, 0.25) is 0 Å². The smallest absolute Gasteiger partial charge is 0.191 e. The van der Waals surface area contributed by atoms with E-state index < -0.39 is 0 Å². The van der Waals surface area contributed by atoms with E-state index in [0.717, 1.165) is 17.1 Å². The van der Waals surface area contributed by atoms with E-state index in [1.54, 1.807) is 13.3 Å². The van der Waals surface area contributed by atoms with E-state index in [4.69, 9.17) is 9.15 Å². The zero-order chi connectivity index (χ0) is 17.6. The molecule has 0 aliphatic heterocycles. The van der Waals surface area contributed by atoms with Gasteiger partial charge in [0, 0.05) is 19.2 Å². The number of aryl methyl sites for hydroxylation is 1. The normalized spacial score (nSPS) is 11.6. The summed E-state index contributed by atoms with van der Waals surface area (Å²) in [5, 5.41) is 6.54. The second-order valence-electron chi connectivity index (χ2n) is 6.68. The molecule has 0 aliphatic carbocycles. The van der Waals surface area contributed by atoms with E-state index >= 15 is 0 Å². The second-order valence-corrected chi connectivity index (χ2v) is 6.68. The highest BCUT2D eigenvalue weighted by Gasteiger charge is 2.15. The van der Waals surface area contributed by atoms with E-state index in [0.29, 0.717) is 19.0 Å². The molecule has 5 nitrogen and oxygen atoms in total. The number of furan rings is 1. The van der Waals surface area contributed by atoms with E-state index in [1.165, 1.54) is 5.56 Å². The van der Waals surface area contributed by atoms with Gasteiger partial charge in [-0.25, -0.2) is 0 Å². The highest BCUT2D eigenvalue weighted by molar-refractivity contribution is 14.0. The minimum atomic E-state index is -0.234. The Morgan fingerprint density at radius 2 is 1.88 bits per heavy atom. The second kappa shape index (κ2) is 9.70. The van der Waals surface area contributed by atoms with Crippen LogP contribution in [0, 0.1) is 6.92 Å². The first kappa shape index (κ1) is 21.3. The summed E-state index contributed by atoms with van der Waals surface area (Å²) >= 11 is 0. The molecule has 0 bridgehead atoms. The summed E-state index contributed by atoms with van der Waals surface area (Å²) in [5.74, 6) is 2.48. The Bertz CT molecular complexity index is 676. The molecule has 0 unspecified atom stereocenters. The molecule has 2 N–H and O–H groups in total. The number of guanidine groups is 1. The molecule has 25 heavy (non-hydrogen) atoms. The lowest BCUT2D eigenvalue weighted by molar-refractivity contribution is 0.129. The number of rotatable bonds is 5. The van der Waals surface area contributed by atoms with Crippen LogP contribution in [0.5, 0.6) is 5.75 Å². The van der Waals surface area contributed by atoms with Crippen molar-refractivity contribution in [2.75, 3.05) is 7.05 Å². The standard InChI is InChI=1S/C19H27N3O2.HI/c1-14-8-9-15(17(11-14)24-19(2,3)4)12-21-18(20-5)22-13-16-7-6-10-23-16;/h6-11H,12-13H2,1-5H3,(H2,20,21,22);1H. The van der Waals surface area contributed by atoms with Gasteiger partial charge >= 0.3 is 0 Å². The highest BCUT2D eigenvalue weighted by Crippen LogP contribution is 2.24. The minimum absolute atomic E-state index is 0. The average molecular weight is 457 g/mol. The Kier molecular flexibility index (Phi) is 8.28. The summed E-state index contributed by atoms with van der Waals surface area (Å²) in [5.41, 5.74) is 2.04. The van der Waals surface area contributed by atoms with Crippen LogP contribution in [0.1, 0.15) is 37.7 Å². The lowest BCUT2D eigenvalue weighted by Crippen LogP contribution is -2.36. The Balaban J connectivity index is 0.00000312. The van der Waals surface area contributed by atoms with Gasteiger partial charge in [0.25, 0.3) is 0 Å². The molecule has 0 aliphatic rings. The lowest BCUT2D eigenvalue weighted by Gasteiger charge is -2.24. The highest BCUT2D eigenvalue weighted by atomic mass is 127. The van der Waals surface area contributed by atoms with E-state index in [2.05, 4.69) is 61.5 Å². The van der Waals surface area contributed by atoms with Crippen LogP contribution in [-0.2, 0) is 13.1 Å². The summed E-state index contributed by atoms with van der Waals surface area (Å²) in [6.07, 6.45) is 1.66. The number of ether oxygens (including phenoxy) is 1. The molecule has 0 saturated carbocycles. The Labute approximate surface area is 167 Å². The van der Waals surface area contributed by atoms with Crippen LogP contribution in [-0.4, -0.2) is 18.6 Å². The summed E-state index contributed by atoms with van der Waals surface area (Å²) in [6.45, 7) is 9.44. The van der Waals surface area contributed by atoms with Gasteiger partial charge in [0.1, 0.15) is 17.1 Å². The van der Waals surface area contributed by atoms with Crippen molar-refractivity contribution in [2.24, 2.45) is 4.99 Å². The first-order chi connectivity index (χ1) is 11.4. The van der Waals surface area contributed by atoms with Crippen LogP contribution < -0.4 is 15.4 Å². The number of hydrogen-bond donors (Lipinski definition) is 2. The van der Waals surface area contributed by atoms with E-state index in [1.807, 2.05) is 12.1 Å². The van der Waals surface area contributed by atoms with Crippen LogP contribution >= 0.6 is 24.0 Å². The lowest BCUT2D eigenvalue weighted by atomic mass is 10.1. The van der Waals surface area contributed by atoms with E-state index in [-0.39, 0.29) is 29.6 Å². The number of nitrogens with zero attached hydrogens (tertiary/aromatic N) is 1. The maximum absolute atomic E-state index is 6.08. The summed E-state index contributed by atoms with van der Waals surface area (Å²) < 4.78 is 11.4. The molecular weight excluding hydrogens is 429 g/mol. The van der Waals surface area contributed by atoms with Gasteiger partial charge < -0.3 is 19.8 Å². The SMILES string of the molecule is CN=C(NCc1ccco1)NCc1ccc(C)cc1OC(C)(C)C.I. The maximum Gasteiger partial charge on any atom is 0.191 e. The number of benzene rings is 1. The third-order valence-electron chi connectivity index (χ3n) is 3.32. The van der Waals surface area contributed by atoms with Crippen molar-refractivity contribution in [1.82, 2.24) is 10.6 Å². The van der Waals surface area contributed by atoms with Crippen molar-refractivity contribution in [2.45, 2.75) is 46.4 Å². The third kappa shape index (κ3) is 7.37. The number of hydrogen-bond acceptors (Lipinski definition) is 3. The van der Waals surface area contributed by atoms with Gasteiger partial charge in [-0.2, -0.15) is 0 Å². The molecule has 2 aromatic rings. The van der Waals surface area contributed by atoms with Crippen LogP contribution in [0.3, 0.4) is 0 Å². The quantitative estimate of drug-likeness (QED) is 0.401. The Morgan fingerprint density at radius 1 is 1.16 bits per heavy atom. The van der Waals surface area contributed by atoms with E-state index in [9.17, 15) is 0 Å². The van der Waals surface area contributed by atoms with Gasteiger partial charge in [0.05, 0.1) is 12.8 Å². The van der Waals surface area contributed by atoms with Gasteiger partial charge in [-0.15, -0.1) is 24.0 Å². The number of nitrogens with one attached hydrogen (secondary N) is 2. The fourth-order valence-electron chi connectivity index (χ4n) is 2.22. The summed E-state index contributed by atoms with van der Waals surface area (Å²) in [7, 11) is 1.75. The van der Waals surface area contributed by atoms with Gasteiger partial charge in [-0.05, 0) is 51.5 Å². The van der Waals surface area contributed by atoms with Crippen molar-refractivity contribution in [3.05, 3.63) is 53.5 Å². The van der Waals surface area contributed by atoms with Gasteiger partial charge in [-0.1, -0.05) is 12.1 Å². The molecule has 138 valence electrons. The van der Waals surface area contributed by atoms with Gasteiger partial charge in [-0.3, -0.25) is 4.99 Å². The van der Waals surface area contributed by atoms with Crippen LogP contribution in [0.4, 0.5) is 0 Å². The molecule has 0 spiro atoms. The van der Waals surface area contributed by atoms with Crippen molar-refractivity contribution < 1.29 is 9.15 Å². The molecule has 2 rings (SSSR count). The maximum atomic E-state index is 6.08. The van der Waals surface area contributed by atoms with Crippen molar-refractivity contribution >= 4 is 29.9 Å². The fraction of sp³-hybridized carbons (Fsp3) is 0.421. The molecule has 0 saturated heterocycles. The molecule has 1 aromatic heterocycles. The zero-order valence-electron chi connectivity index (χ0n) is 15.6. The Morgan fingerprint density at radius 3 is 2.48 bits per heavy atom. The molecule has 1 heterocycles. The molecule has 0 amide bonds. The fourth-order valence-corrected chi connectivity index (χ4v) is 2.22. The third-order valence-corrected chi connectivity index (χ3v) is 3.32. The van der Waals surface area contributed by atoms with Crippen molar-refractivity contribution in [3.8, 4) is 5.75 Å². The predicted molar refractivity (Wildman–Crippen MR) is 113 cm³/mol. The first-order valence-corrected chi connectivity index (χ1v) is 8.13. The molecular formula is C19H28IN3O2. The van der Waals surface area contributed by atoms with Crippen molar-refractivity contribution in [3.63, 3.8) is 0 Å².